The summed E-state index contributed by atoms with van der Waals surface area (Å²) in [7, 11) is 0. The maximum atomic E-state index is 10.7. The number of carbonyl (C=O) groups is 4. The van der Waals surface area contributed by atoms with Gasteiger partial charge in [-0.05, 0) is 12.8 Å². The Kier molecular flexibility index (Phi) is 31.1. The molecule has 2 unspecified atom stereocenters. The fourth-order valence-electron chi connectivity index (χ4n) is 4.23. The van der Waals surface area contributed by atoms with Crippen LogP contribution in [-0.4, -0.2) is 144 Å². The Morgan fingerprint density at radius 2 is 0.860 bits per heavy atom. The second kappa shape index (κ2) is 29.2. The predicted molar refractivity (Wildman–Crippen MR) is 160 cm³/mol. The molecular weight excluding hydrogens is 588 g/mol. The van der Waals surface area contributed by atoms with E-state index in [9.17, 15) is 39.6 Å². The van der Waals surface area contributed by atoms with Gasteiger partial charge in [-0.15, -0.1) is 0 Å². The molecule has 0 saturated heterocycles. The van der Waals surface area contributed by atoms with E-state index in [4.69, 9.17) is 10.2 Å². The molecule has 0 aliphatic heterocycles. The summed E-state index contributed by atoms with van der Waals surface area (Å²) in [5.74, 6) is -4.25. The first-order valence-electron chi connectivity index (χ1n) is 15.0. The molecule has 0 spiro atoms. The summed E-state index contributed by atoms with van der Waals surface area (Å²) in [5.41, 5.74) is 0. The average Bonchev–Trinajstić information content (AvgIpc) is 2.95. The zero-order valence-electron chi connectivity index (χ0n) is 26.3. The molecule has 244 valence electrons. The molecule has 0 fully saturated rings. The van der Waals surface area contributed by atoms with Gasteiger partial charge in [-0.1, -0.05) is 63.8 Å². The summed E-state index contributed by atoms with van der Waals surface area (Å²) < 4.78 is 0.163. The van der Waals surface area contributed by atoms with Crippen LogP contribution in [0, 0.1) is 0 Å². The van der Waals surface area contributed by atoms with Gasteiger partial charge in [0.15, 0.2) is 13.5 Å². The molecule has 0 aliphatic rings. The van der Waals surface area contributed by atoms with Crippen LogP contribution in [0.1, 0.15) is 90.9 Å². The van der Waals surface area contributed by atoms with Crippen LogP contribution in [0.25, 0.3) is 0 Å². The van der Waals surface area contributed by atoms with Crippen LogP contribution in [0.3, 0.4) is 0 Å². The van der Waals surface area contributed by atoms with E-state index in [0.717, 1.165) is 38.5 Å². The van der Waals surface area contributed by atoms with Gasteiger partial charge in [0.2, 0.25) is 0 Å². The number of carboxylic acid groups (broad SMARTS) is 4. The van der Waals surface area contributed by atoms with Crippen LogP contribution < -0.4 is 10.2 Å². The summed E-state index contributed by atoms with van der Waals surface area (Å²) in [6.45, 7) is 5.60. The van der Waals surface area contributed by atoms with Gasteiger partial charge in [0.1, 0.15) is 0 Å². The number of nitrogens with zero attached hydrogens (tertiary/aromatic N) is 2. The second-order valence-corrected chi connectivity index (χ2v) is 10.6. The van der Waals surface area contributed by atoms with Gasteiger partial charge in [-0.3, -0.25) is 9.59 Å². The van der Waals surface area contributed by atoms with Crippen LogP contribution in [0.5, 0.6) is 0 Å². The van der Waals surface area contributed by atoms with E-state index in [1.807, 2.05) is 12.2 Å². The standard InChI is InChI=1S/2C15H27NO5.Ca/c2*1-2-3-4-5-6-7-10-16(13-17,11-8-14(18)19)12-9-15(20)21;/h2*5-6,17H,2-4,7-13H2,1H3,(H-,18,19,20,21);/q;;+2/b2*6-5+;. The van der Waals surface area contributed by atoms with E-state index in [-0.39, 0.29) is 112 Å². The summed E-state index contributed by atoms with van der Waals surface area (Å²) in [5, 5.41) is 58.0. The van der Waals surface area contributed by atoms with E-state index < -0.39 is 23.9 Å². The number of aliphatic hydroxyl groups excluding tert-OH is 2. The number of hydrogen-bond donors (Lipinski definition) is 4. The zero-order chi connectivity index (χ0) is 32.3. The van der Waals surface area contributed by atoms with Crippen LogP contribution in [0.2, 0.25) is 0 Å². The topological polar surface area (TPSA) is 195 Å². The van der Waals surface area contributed by atoms with Gasteiger partial charge in [0.25, 0.3) is 0 Å². The Morgan fingerprint density at radius 3 is 1.12 bits per heavy atom. The molecule has 0 saturated carbocycles. The van der Waals surface area contributed by atoms with E-state index in [1.54, 1.807) is 0 Å². The van der Waals surface area contributed by atoms with Crippen LogP contribution in [-0.2, 0) is 19.2 Å². The molecule has 0 radical (unpaired) electrons. The molecule has 12 nitrogen and oxygen atoms in total. The zero-order valence-corrected chi connectivity index (χ0v) is 28.5. The largest absolute Gasteiger partial charge is 2.00 e. The van der Waals surface area contributed by atoms with Gasteiger partial charge >= 0.3 is 49.7 Å². The molecule has 13 heteroatoms. The Balaban J connectivity index is -0.000000727. The summed E-state index contributed by atoms with van der Waals surface area (Å²) >= 11 is 0. The number of carbonyl (C=O) groups excluding carboxylic acids is 2. The number of aliphatic hydroxyl groups is 2. The third-order valence-electron chi connectivity index (χ3n) is 7.10. The van der Waals surface area contributed by atoms with Crippen molar-refractivity contribution in [2.24, 2.45) is 0 Å². The molecule has 0 rings (SSSR count). The molecule has 0 aromatic carbocycles. The molecule has 2 atom stereocenters. The number of aliphatic carboxylic acids is 4. The van der Waals surface area contributed by atoms with Crippen molar-refractivity contribution in [2.75, 3.05) is 52.7 Å². The minimum Gasteiger partial charge on any atom is -0.550 e. The monoisotopic (exact) mass is 642 g/mol. The van der Waals surface area contributed by atoms with Crippen molar-refractivity contribution in [2.45, 2.75) is 90.9 Å². The Hall–Kier alpha value is -1.54. The van der Waals surface area contributed by atoms with E-state index in [2.05, 4.69) is 26.0 Å². The van der Waals surface area contributed by atoms with E-state index in [0.29, 0.717) is 25.9 Å². The molecule has 0 bridgehead atoms. The Morgan fingerprint density at radius 1 is 0.558 bits per heavy atom. The van der Waals surface area contributed by atoms with Gasteiger partial charge in [-0.25, -0.2) is 0 Å². The molecule has 0 aliphatic carbocycles. The molecule has 4 N–H and O–H groups in total. The first-order chi connectivity index (χ1) is 19.9. The van der Waals surface area contributed by atoms with Crippen LogP contribution in [0.15, 0.2) is 24.3 Å². The third-order valence-corrected chi connectivity index (χ3v) is 7.10. The van der Waals surface area contributed by atoms with Crippen LogP contribution >= 0.6 is 0 Å². The quantitative estimate of drug-likeness (QED) is 0.0342. The van der Waals surface area contributed by atoms with Crippen molar-refractivity contribution < 1.29 is 58.8 Å². The first kappa shape index (κ1) is 45.9. The summed E-state index contributed by atoms with van der Waals surface area (Å²) in [4.78, 5) is 42.7. The number of hydrogen-bond acceptors (Lipinski definition) is 8. The van der Waals surface area contributed by atoms with E-state index in [1.165, 1.54) is 0 Å². The summed E-state index contributed by atoms with van der Waals surface area (Å²) in [6.07, 6.45) is 15.5. The Labute approximate surface area is 286 Å². The number of unbranched alkanes of at least 4 members (excludes halogenated alkanes) is 4. The first-order valence-corrected chi connectivity index (χ1v) is 15.0. The SMILES string of the molecule is CCCC/C=C/CC[N+](CO)(CCC(=O)[O-])CCC(=O)O.CCCC/C=C/CC[N+](CO)(CCC(=O)[O-])CCC(=O)O.[Ca+2]. The van der Waals surface area contributed by atoms with Crippen molar-refractivity contribution in [1.29, 1.82) is 0 Å². The average molecular weight is 643 g/mol. The molecule has 0 aromatic rings. The van der Waals surface area contributed by atoms with Crippen molar-refractivity contribution in [3.05, 3.63) is 24.3 Å². The number of quaternary nitrogens is 2. The predicted octanol–water partition coefficient (Wildman–Crippen LogP) is 0.628. The smallest absolute Gasteiger partial charge is 0.550 e. The number of allylic oxidation sites excluding steroid dienone is 2. The number of rotatable bonds is 26. The fraction of sp³-hybridized carbons (Fsp3) is 0.733. The molecule has 43 heavy (non-hydrogen) atoms. The van der Waals surface area contributed by atoms with E-state index >= 15 is 0 Å². The van der Waals surface area contributed by atoms with Gasteiger partial charge in [-0.2, -0.15) is 0 Å². The Bertz CT molecular complexity index is 719. The molecule has 0 amide bonds. The van der Waals surface area contributed by atoms with Gasteiger partial charge < -0.3 is 49.2 Å². The van der Waals surface area contributed by atoms with Crippen molar-refractivity contribution in [3.63, 3.8) is 0 Å². The number of carboxylic acids is 4. The van der Waals surface area contributed by atoms with Crippen LogP contribution in [0.4, 0.5) is 0 Å². The maximum absolute atomic E-state index is 10.7. The fourth-order valence-corrected chi connectivity index (χ4v) is 4.23. The second-order valence-electron chi connectivity index (χ2n) is 10.6. The third kappa shape index (κ3) is 27.7. The molecule has 0 heterocycles. The van der Waals surface area contributed by atoms with Crippen molar-refractivity contribution >= 4 is 61.6 Å². The molecular formula is C30H54CaN2O10+2. The minimum absolute atomic E-state index is 0. The maximum Gasteiger partial charge on any atom is 2.00 e. The minimum atomic E-state index is -1.18. The van der Waals surface area contributed by atoms with Crippen molar-refractivity contribution in [1.82, 2.24) is 0 Å². The normalized spacial score (nSPS) is 13.9. The van der Waals surface area contributed by atoms with Crippen molar-refractivity contribution in [3.8, 4) is 0 Å². The molecule has 0 aromatic heterocycles. The summed E-state index contributed by atoms with van der Waals surface area (Å²) in [6, 6.07) is 0. The van der Waals surface area contributed by atoms with Gasteiger partial charge in [0.05, 0.1) is 52.1 Å². The van der Waals surface area contributed by atoms with Gasteiger partial charge in [0, 0.05) is 37.6 Å².